The van der Waals surface area contributed by atoms with E-state index in [9.17, 15) is 4.79 Å². The zero-order chi connectivity index (χ0) is 18.7. The summed E-state index contributed by atoms with van der Waals surface area (Å²) in [6, 6.07) is 9.58. The van der Waals surface area contributed by atoms with Crippen LogP contribution in [0, 0.1) is 6.92 Å². The maximum Gasteiger partial charge on any atom is 0.270 e. The van der Waals surface area contributed by atoms with Gasteiger partial charge < -0.3 is 10.1 Å². The lowest BCUT2D eigenvalue weighted by Gasteiger charge is -2.16. The third kappa shape index (κ3) is 3.99. The first-order valence-electron chi connectivity index (χ1n) is 8.66. The van der Waals surface area contributed by atoms with Crippen molar-refractivity contribution >= 4 is 11.7 Å². The van der Waals surface area contributed by atoms with Crippen LogP contribution in [0.15, 0.2) is 36.7 Å². The Balaban J connectivity index is 1.66. The summed E-state index contributed by atoms with van der Waals surface area (Å²) in [5, 5.41) is 7.03. The Kier molecular flexibility index (Phi) is 5.16. The summed E-state index contributed by atoms with van der Waals surface area (Å²) in [7, 11) is 0. The molecule has 0 spiro atoms. The lowest BCUT2D eigenvalue weighted by atomic mass is 10.1. The number of rotatable bonds is 6. The third-order valence-corrected chi connectivity index (χ3v) is 4.01. The summed E-state index contributed by atoms with van der Waals surface area (Å²) < 4.78 is 7.47. The molecule has 1 N–H and O–H groups in total. The van der Waals surface area contributed by atoms with E-state index in [1.807, 2.05) is 52.0 Å². The van der Waals surface area contributed by atoms with Crippen LogP contribution in [0.5, 0.6) is 5.75 Å². The van der Waals surface area contributed by atoms with Crippen LogP contribution < -0.4 is 10.1 Å². The maximum atomic E-state index is 12.5. The Bertz CT molecular complexity index is 902. The Labute approximate surface area is 152 Å². The molecule has 0 radical (unpaired) electrons. The molecule has 0 aliphatic heterocycles. The van der Waals surface area contributed by atoms with Gasteiger partial charge in [0.05, 0.1) is 12.2 Å². The van der Waals surface area contributed by atoms with Crippen LogP contribution in [0.3, 0.4) is 0 Å². The van der Waals surface area contributed by atoms with Crippen molar-refractivity contribution in [2.24, 2.45) is 0 Å². The maximum absolute atomic E-state index is 12.5. The number of ether oxygens (including phenoxy) is 1. The molecule has 2 heterocycles. The van der Waals surface area contributed by atoms with Crippen LogP contribution >= 0.6 is 0 Å². The summed E-state index contributed by atoms with van der Waals surface area (Å²) in [6.45, 7) is 8.39. The molecule has 136 valence electrons. The molecule has 0 saturated carbocycles. The lowest BCUT2D eigenvalue weighted by molar-refractivity contribution is 0.0927. The van der Waals surface area contributed by atoms with Crippen molar-refractivity contribution in [1.82, 2.24) is 24.9 Å². The minimum absolute atomic E-state index is 0.164. The van der Waals surface area contributed by atoms with E-state index in [4.69, 9.17) is 4.74 Å². The number of hydrogen-bond acceptors (Lipinski definition) is 5. The second kappa shape index (κ2) is 7.51. The summed E-state index contributed by atoms with van der Waals surface area (Å²) >= 11 is 0. The zero-order valence-electron chi connectivity index (χ0n) is 15.4. The molecule has 3 aromatic rings. The van der Waals surface area contributed by atoms with Crippen molar-refractivity contribution in [2.75, 3.05) is 6.54 Å². The largest absolute Gasteiger partial charge is 0.489 e. The van der Waals surface area contributed by atoms with Crippen molar-refractivity contribution in [3.05, 3.63) is 53.6 Å². The van der Waals surface area contributed by atoms with Crippen LogP contribution in [0.4, 0.5) is 0 Å². The van der Waals surface area contributed by atoms with Crippen molar-refractivity contribution < 1.29 is 9.53 Å². The average molecular weight is 353 g/mol. The SMILES string of the molecule is Cc1ccc(O[C@H](C)CNC(=O)c2cc(C(C)C)n3ncnc3n2)cc1. The number of fused-ring (bicyclic) bond motifs is 1. The van der Waals surface area contributed by atoms with Crippen molar-refractivity contribution in [1.29, 1.82) is 0 Å². The van der Waals surface area contributed by atoms with Gasteiger partial charge in [-0.05, 0) is 38.0 Å². The summed E-state index contributed by atoms with van der Waals surface area (Å²) in [5.41, 5.74) is 2.40. The van der Waals surface area contributed by atoms with Crippen molar-refractivity contribution in [2.45, 2.75) is 39.7 Å². The normalized spacial score (nSPS) is 12.3. The second-order valence-corrected chi connectivity index (χ2v) is 6.64. The van der Waals surface area contributed by atoms with Gasteiger partial charge in [0.1, 0.15) is 23.9 Å². The molecule has 3 rings (SSSR count). The van der Waals surface area contributed by atoms with Gasteiger partial charge in [0.25, 0.3) is 11.7 Å². The molecule has 0 saturated heterocycles. The summed E-state index contributed by atoms with van der Waals surface area (Å²) in [6.07, 6.45) is 1.27. The monoisotopic (exact) mass is 353 g/mol. The highest BCUT2D eigenvalue weighted by molar-refractivity contribution is 5.92. The number of benzene rings is 1. The molecule has 7 nitrogen and oxygen atoms in total. The van der Waals surface area contributed by atoms with Gasteiger partial charge in [-0.25, -0.2) is 9.50 Å². The Morgan fingerprint density at radius 2 is 1.96 bits per heavy atom. The van der Waals surface area contributed by atoms with Crippen LogP contribution in [-0.2, 0) is 0 Å². The van der Waals surface area contributed by atoms with Gasteiger partial charge in [-0.1, -0.05) is 31.5 Å². The predicted molar refractivity (Wildman–Crippen MR) is 98.5 cm³/mol. The van der Waals surface area contributed by atoms with E-state index in [0.717, 1.165) is 11.4 Å². The second-order valence-electron chi connectivity index (χ2n) is 6.64. The van der Waals surface area contributed by atoms with Gasteiger partial charge in [-0.15, -0.1) is 0 Å². The first-order chi connectivity index (χ1) is 12.4. The Hall–Kier alpha value is -2.96. The highest BCUT2D eigenvalue weighted by atomic mass is 16.5. The number of amides is 1. The standard InChI is InChI=1S/C19H23N5O2/c1-12(2)17-9-16(23-19-21-11-22-24(17)19)18(25)20-10-14(4)26-15-7-5-13(3)6-8-15/h5-9,11-12,14H,10H2,1-4H3,(H,20,25)/t14-/m1/s1. The van der Waals surface area contributed by atoms with Gasteiger partial charge >= 0.3 is 0 Å². The topological polar surface area (TPSA) is 81.4 Å². The average Bonchev–Trinajstić information content (AvgIpc) is 3.09. The van der Waals surface area contributed by atoms with Gasteiger partial charge in [-0.3, -0.25) is 4.79 Å². The smallest absolute Gasteiger partial charge is 0.270 e. The number of carbonyl (C=O) groups is 1. The highest BCUT2D eigenvalue weighted by Gasteiger charge is 2.16. The molecule has 1 atom stereocenters. The van der Waals surface area contributed by atoms with E-state index in [-0.39, 0.29) is 17.9 Å². The fraction of sp³-hybridized carbons (Fsp3) is 0.368. The van der Waals surface area contributed by atoms with E-state index >= 15 is 0 Å². The van der Waals surface area contributed by atoms with Gasteiger partial charge in [0, 0.05) is 0 Å². The molecule has 0 aliphatic rings. The minimum atomic E-state index is -0.253. The number of nitrogens with one attached hydrogen (secondary N) is 1. The summed E-state index contributed by atoms with van der Waals surface area (Å²) in [4.78, 5) is 20.9. The fourth-order valence-electron chi connectivity index (χ4n) is 2.58. The molecular formula is C19H23N5O2. The molecule has 26 heavy (non-hydrogen) atoms. The molecule has 0 aliphatic carbocycles. The lowest BCUT2D eigenvalue weighted by Crippen LogP contribution is -2.34. The number of aromatic nitrogens is 4. The molecule has 1 amide bonds. The van der Waals surface area contributed by atoms with Gasteiger partial charge in [0.15, 0.2) is 0 Å². The van der Waals surface area contributed by atoms with E-state index < -0.39 is 0 Å². The molecule has 0 bridgehead atoms. The quantitative estimate of drug-likeness (QED) is 0.737. The zero-order valence-corrected chi connectivity index (χ0v) is 15.4. The van der Waals surface area contributed by atoms with Crippen LogP contribution in [0.1, 0.15) is 48.4 Å². The predicted octanol–water partition coefficient (Wildman–Crippen LogP) is 2.75. The van der Waals surface area contributed by atoms with E-state index in [2.05, 4.69) is 20.4 Å². The molecule has 0 unspecified atom stereocenters. The molecular weight excluding hydrogens is 330 g/mol. The van der Waals surface area contributed by atoms with Crippen molar-refractivity contribution in [3.8, 4) is 5.75 Å². The fourth-order valence-corrected chi connectivity index (χ4v) is 2.58. The van der Waals surface area contributed by atoms with Crippen LogP contribution in [-0.4, -0.2) is 38.1 Å². The minimum Gasteiger partial charge on any atom is -0.489 e. The van der Waals surface area contributed by atoms with Crippen LogP contribution in [0.25, 0.3) is 5.78 Å². The number of hydrogen-bond donors (Lipinski definition) is 1. The third-order valence-electron chi connectivity index (χ3n) is 4.01. The number of nitrogens with zero attached hydrogens (tertiary/aromatic N) is 4. The van der Waals surface area contributed by atoms with Gasteiger partial charge in [-0.2, -0.15) is 10.1 Å². The number of carbonyl (C=O) groups excluding carboxylic acids is 1. The highest BCUT2D eigenvalue weighted by Crippen LogP contribution is 2.16. The number of aryl methyl sites for hydroxylation is 1. The molecule has 7 heteroatoms. The summed E-state index contributed by atoms with van der Waals surface area (Å²) in [5.74, 6) is 1.14. The van der Waals surface area contributed by atoms with Gasteiger partial charge in [0.2, 0.25) is 0 Å². The van der Waals surface area contributed by atoms with E-state index in [1.165, 1.54) is 11.9 Å². The van der Waals surface area contributed by atoms with Crippen molar-refractivity contribution in [3.63, 3.8) is 0 Å². The molecule has 0 fully saturated rings. The van der Waals surface area contributed by atoms with E-state index in [1.54, 1.807) is 10.6 Å². The first-order valence-corrected chi connectivity index (χ1v) is 8.66. The first kappa shape index (κ1) is 17.8. The Morgan fingerprint density at radius 3 is 2.65 bits per heavy atom. The molecule has 2 aromatic heterocycles. The molecule has 1 aromatic carbocycles. The van der Waals surface area contributed by atoms with Crippen LogP contribution in [0.2, 0.25) is 0 Å². The Morgan fingerprint density at radius 1 is 1.23 bits per heavy atom. The van der Waals surface area contributed by atoms with E-state index in [0.29, 0.717) is 18.0 Å².